The number of likely N-dealkylation sites (N-methyl/N-ethyl adjacent to an activating group) is 1. The third-order valence-corrected chi connectivity index (χ3v) is 2.12. The molecule has 0 saturated carbocycles. The summed E-state index contributed by atoms with van der Waals surface area (Å²) in [6.45, 7) is 1.17. The summed E-state index contributed by atoms with van der Waals surface area (Å²) in [5.41, 5.74) is -0.191. The maximum Gasteiger partial charge on any atom is 0.356 e. The molecule has 0 atom stereocenters. The molecular formula is C10H13ClN2O3. The highest BCUT2D eigenvalue weighted by Gasteiger charge is 2.11. The fraction of sp³-hybridized carbons (Fsp3) is 0.400. The van der Waals surface area contributed by atoms with Gasteiger partial charge in [0.2, 0.25) is 5.88 Å². The lowest BCUT2D eigenvalue weighted by molar-refractivity contribution is 0.0689. The number of carbonyl (C=O) groups is 1. The van der Waals surface area contributed by atoms with Gasteiger partial charge in [0, 0.05) is 12.6 Å². The maximum absolute atomic E-state index is 10.7. The van der Waals surface area contributed by atoms with Crippen LogP contribution in [0.2, 0.25) is 5.02 Å². The molecule has 0 aliphatic heterocycles. The summed E-state index contributed by atoms with van der Waals surface area (Å²) in [5, 5.41) is 8.90. The zero-order valence-electron chi connectivity index (χ0n) is 9.11. The van der Waals surface area contributed by atoms with Crippen molar-refractivity contribution in [2.24, 2.45) is 0 Å². The second-order valence-corrected chi connectivity index (χ2v) is 3.84. The molecule has 0 spiro atoms. The maximum atomic E-state index is 10.7. The lowest BCUT2D eigenvalue weighted by Gasteiger charge is -2.10. The van der Waals surface area contributed by atoms with E-state index in [-0.39, 0.29) is 16.6 Å². The van der Waals surface area contributed by atoms with Crippen LogP contribution in [0.3, 0.4) is 0 Å². The summed E-state index contributed by atoms with van der Waals surface area (Å²) in [4.78, 5) is 16.5. The van der Waals surface area contributed by atoms with Gasteiger partial charge in [-0.1, -0.05) is 11.6 Å². The van der Waals surface area contributed by atoms with Crippen LogP contribution in [0.15, 0.2) is 12.1 Å². The Morgan fingerprint density at radius 3 is 2.81 bits per heavy atom. The van der Waals surface area contributed by atoms with Crippen molar-refractivity contribution in [1.29, 1.82) is 0 Å². The molecule has 0 saturated heterocycles. The van der Waals surface area contributed by atoms with Crippen molar-refractivity contribution in [3.05, 3.63) is 22.8 Å². The number of rotatable bonds is 5. The van der Waals surface area contributed by atoms with Crippen molar-refractivity contribution in [2.75, 3.05) is 27.2 Å². The van der Waals surface area contributed by atoms with Crippen LogP contribution in [0.1, 0.15) is 10.5 Å². The summed E-state index contributed by atoms with van der Waals surface area (Å²) in [6, 6.07) is 3.01. The second kappa shape index (κ2) is 5.67. The number of pyridine rings is 1. The normalized spacial score (nSPS) is 10.5. The van der Waals surface area contributed by atoms with Gasteiger partial charge in [-0.3, -0.25) is 0 Å². The van der Waals surface area contributed by atoms with Gasteiger partial charge in [-0.05, 0) is 20.2 Å². The quantitative estimate of drug-likeness (QED) is 0.848. The van der Waals surface area contributed by atoms with Gasteiger partial charge in [0.05, 0.1) is 5.02 Å². The van der Waals surface area contributed by atoms with Crippen molar-refractivity contribution >= 4 is 17.6 Å². The van der Waals surface area contributed by atoms with Crippen LogP contribution in [0.5, 0.6) is 5.88 Å². The number of hydrogen-bond acceptors (Lipinski definition) is 4. The average molecular weight is 245 g/mol. The van der Waals surface area contributed by atoms with E-state index in [1.165, 1.54) is 6.07 Å². The van der Waals surface area contributed by atoms with Crippen molar-refractivity contribution in [2.45, 2.75) is 0 Å². The van der Waals surface area contributed by atoms with Crippen LogP contribution >= 0.6 is 11.6 Å². The van der Waals surface area contributed by atoms with Crippen molar-refractivity contribution in [3.63, 3.8) is 0 Å². The molecule has 0 aliphatic carbocycles. The lowest BCUT2D eigenvalue weighted by Crippen LogP contribution is -2.19. The number of ether oxygens (including phenoxy) is 1. The molecule has 0 amide bonds. The molecule has 5 nitrogen and oxygen atoms in total. The molecule has 1 aromatic heterocycles. The van der Waals surface area contributed by atoms with Crippen molar-refractivity contribution in [3.8, 4) is 5.88 Å². The van der Waals surface area contributed by atoms with Gasteiger partial charge in [0.25, 0.3) is 0 Å². The Balaban J connectivity index is 2.68. The SMILES string of the molecule is CN(C)CCOc1ccc(Cl)c(C(=O)O)n1. The smallest absolute Gasteiger partial charge is 0.356 e. The molecule has 1 heterocycles. The Labute approximate surface area is 98.6 Å². The largest absolute Gasteiger partial charge is 0.476 e. The highest BCUT2D eigenvalue weighted by Crippen LogP contribution is 2.17. The number of carboxylic acid groups (broad SMARTS) is 1. The molecular weight excluding hydrogens is 232 g/mol. The Bertz CT molecular complexity index is 382. The lowest BCUT2D eigenvalue weighted by atomic mass is 10.3. The van der Waals surface area contributed by atoms with Crippen molar-refractivity contribution < 1.29 is 14.6 Å². The van der Waals surface area contributed by atoms with Gasteiger partial charge in [-0.15, -0.1) is 0 Å². The summed E-state index contributed by atoms with van der Waals surface area (Å²) >= 11 is 5.67. The van der Waals surface area contributed by atoms with Gasteiger partial charge in [-0.2, -0.15) is 0 Å². The molecule has 0 radical (unpaired) electrons. The fourth-order valence-corrected chi connectivity index (χ4v) is 1.17. The summed E-state index contributed by atoms with van der Waals surface area (Å²) < 4.78 is 5.29. The number of nitrogens with zero attached hydrogens (tertiary/aromatic N) is 2. The highest BCUT2D eigenvalue weighted by atomic mass is 35.5. The molecule has 88 valence electrons. The van der Waals surface area contributed by atoms with Crippen LogP contribution in [-0.2, 0) is 0 Å². The number of aromatic carboxylic acids is 1. The fourth-order valence-electron chi connectivity index (χ4n) is 0.987. The summed E-state index contributed by atoms with van der Waals surface area (Å²) in [5.74, 6) is -0.897. The first-order valence-electron chi connectivity index (χ1n) is 4.68. The topological polar surface area (TPSA) is 62.7 Å². The predicted molar refractivity (Wildman–Crippen MR) is 60.3 cm³/mol. The molecule has 16 heavy (non-hydrogen) atoms. The molecule has 0 unspecified atom stereocenters. The van der Waals surface area contributed by atoms with E-state index in [1.54, 1.807) is 6.07 Å². The first-order chi connectivity index (χ1) is 7.50. The highest BCUT2D eigenvalue weighted by molar-refractivity contribution is 6.33. The van der Waals surface area contributed by atoms with Gasteiger partial charge in [-0.25, -0.2) is 9.78 Å². The number of aromatic nitrogens is 1. The van der Waals surface area contributed by atoms with E-state index in [0.29, 0.717) is 6.61 Å². The Hall–Kier alpha value is -1.33. The van der Waals surface area contributed by atoms with E-state index in [1.807, 2.05) is 19.0 Å². The first-order valence-corrected chi connectivity index (χ1v) is 5.06. The van der Waals surface area contributed by atoms with Gasteiger partial charge < -0.3 is 14.7 Å². The van der Waals surface area contributed by atoms with Gasteiger partial charge >= 0.3 is 5.97 Å². The van der Waals surface area contributed by atoms with E-state index >= 15 is 0 Å². The number of hydrogen-bond donors (Lipinski definition) is 1. The van der Waals surface area contributed by atoms with Gasteiger partial charge in [0.15, 0.2) is 5.69 Å². The van der Waals surface area contributed by atoms with Crippen LogP contribution in [-0.4, -0.2) is 48.2 Å². The van der Waals surface area contributed by atoms with Crippen LogP contribution in [0.25, 0.3) is 0 Å². The third-order valence-electron chi connectivity index (χ3n) is 1.81. The molecule has 1 rings (SSSR count). The van der Waals surface area contributed by atoms with Crippen molar-refractivity contribution in [1.82, 2.24) is 9.88 Å². The summed E-state index contributed by atoms with van der Waals surface area (Å²) in [6.07, 6.45) is 0. The number of halogens is 1. The van der Waals surface area contributed by atoms with E-state index in [9.17, 15) is 4.79 Å². The van der Waals surface area contributed by atoms with E-state index in [0.717, 1.165) is 6.54 Å². The molecule has 0 bridgehead atoms. The molecule has 0 aliphatic rings. The standard InChI is InChI=1S/C10H13ClN2O3/c1-13(2)5-6-16-8-4-3-7(11)9(12-8)10(14)15/h3-4H,5-6H2,1-2H3,(H,14,15). The van der Waals surface area contributed by atoms with Gasteiger partial charge in [0.1, 0.15) is 6.61 Å². The minimum atomic E-state index is -1.16. The Kier molecular flexibility index (Phi) is 4.52. The predicted octanol–water partition coefficient (Wildman–Crippen LogP) is 1.37. The molecule has 1 N–H and O–H groups in total. The molecule has 0 fully saturated rings. The second-order valence-electron chi connectivity index (χ2n) is 3.44. The number of carboxylic acids is 1. The Morgan fingerprint density at radius 1 is 1.56 bits per heavy atom. The monoisotopic (exact) mass is 244 g/mol. The van der Waals surface area contributed by atoms with Crippen LogP contribution in [0, 0.1) is 0 Å². The minimum Gasteiger partial charge on any atom is -0.476 e. The first kappa shape index (κ1) is 12.7. The van der Waals surface area contributed by atoms with E-state index in [2.05, 4.69) is 4.98 Å². The zero-order chi connectivity index (χ0) is 12.1. The minimum absolute atomic E-state index is 0.104. The Morgan fingerprint density at radius 2 is 2.25 bits per heavy atom. The van der Waals surface area contributed by atoms with E-state index in [4.69, 9.17) is 21.4 Å². The average Bonchev–Trinajstić information content (AvgIpc) is 2.19. The zero-order valence-corrected chi connectivity index (χ0v) is 9.86. The third kappa shape index (κ3) is 3.67. The molecule has 0 aromatic carbocycles. The van der Waals surface area contributed by atoms with Crippen LogP contribution < -0.4 is 4.74 Å². The molecule has 6 heteroatoms. The summed E-state index contributed by atoms with van der Waals surface area (Å²) in [7, 11) is 3.84. The molecule has 1 aromatic rings. The van der Waals surface area contributed by atoms with E-state index < -0.39 is 5.97 Å². The van der Waals surface area contributed by atoms with Crippen LogP contribution in [0.4, 0.5) is 0 Å².